The lowest BCUT2D eigenvalue weighted by Gasteiger charge is -2.17. The zero-order valence-electron chi connectivity index (χ0n) is 11.9. The van der Waals surface area contributed by atoms with Crippen LogP contribution in [0.2, 0.25) is 5.02 Å². The van der Waals surface area contributed by atoms with E-state index in [0.717, 1.165) is 5.56 Å². The monoisotopic (exact) mass is 308 g/mol. The molecule has 0 spiro atoms. The molecule has 0 aliphatic rings. The third kappa shape index (κ3) is 4.27. The first kappa shape index (κ1) is 15.5. The molecule has 0 saturated carbocycles. The number of likely N-dealkylation sites (N-methyl/N-ethyl adjacent to an activating group) is 1. The van der Waals surface area contributed by atoms with Crippen molar-refractivity contribution in [3.05, 3.63) is 46.7 Å². The molecule has 1 aromatic heterocycles. The van der Waals surface area contributed by atoms with E-state index < -0.39 is 6.10 Å². The van der Waals surface area contributed by atoms with Crippen molar-refractivity contribution in [2.45, 2.75) is 26.1 Å². The molecule has 1 heterocycles. The molecule has 0 aliphatic heterocycles. The van der Waals surface area contributed by atoms with Gasteiger partial charge in [0.05, 0.1) is 12.3 Å². The summed E-state index contributed by atoms with van der Waals surface area (Å²) in [6.07, 6.45) is 0.869. The van der Waals surface area contributed by atoms with Gasteiger partial charge in [-0.2, -0.15) is 0 Å². The number of benzene rings is 1. The van der Waals surface area contributed by atoms with E-state index in [9.17, 15) is 9.90 Å². The average molecular weight is 309 g/mol. The molecule has 7 heteroatoms. The number of carbonyl (C=O) groups is 1. The Balaban J connectivity index is 1.95. The zero-order chi connectivity index (χ0) is 15.4. The molecule has 2 aromatic rings. The summed E-state index contributed by atoms with van der Waals surface area (Å²) in [5.41, 5.74) is 1.40. The fourth-order valence-corrected chi connectivity index (χ4v) is 2.05. The van der Waals surface area contributed by atoms with Crippen LogP contribution in [0.4, 0.5) is 0 Å². The normalized spacial score (nSPS) is 12.2. The van der Waals surface area contributed by atoms with Crippen LogP contribution in [0.15, 0.2) is 30.5 Å². The van der Waals surface area contributed by atoms with E-state index in [1.165, 1.54) is 4.68 Å². The van der Waals surface area contributed by atoms with Crippen LogP contribution in [0.25, 0.3) is 0 Å². The van der Waals surface area contributed by atoms with Gasteiger partial charge in [0.1, 0.15) is 12.2 Å². The van der Waals surface area contributed by atoms with Gasteiger partial charge in [-0.3, -0.25) is 4.79 Å². The molecule has 1 amide bonds. The summed E-state index contributed by atoms with van der Waals surface area (Å²) < 4.78 is 1.42. The molecule has 1 N–H and O–H groups in total. The Labute approximate surface area is 127 Å². The smallest absolute Gasteiger partial charge is 0.244 e. The highest BCUT2D eigenvalue weighted by molar-refractivity contribution is 6.30. The lowest BCUT2D eigenvalue weighted by molar-refractivity contribution is -0.131. The fraction of sp³-hybridized carbons (Fsp3) is 0.357. The number of amides is 1. The first-order valence-electron chi connectivity index (χ1n) is 6.52. The van der Waals surface area contributed by atoms with Crippen molar-refractivity contribution in [2.24, 2.45) is 0 Å². The summed E-state index contributed by atoms with van der Waals surface area (Å²) in [5, 5.41) is 17.6. The summed E-state index contributed by atoms with van der Waals surface area (Å²) >= 11 is 5.92. The van der Waals surface area contributed by atoms with Crippen LogP contribution in [-0.2, 0) is 17.9 Å². The standard InChI is InChI=1S/C14H17ClN4O2/c1-10(20)13-8-19(17-16-13)9-14(21)18(2)7-11-4-3-5-12(15)6-11/h3-6,8,10,20H,7,9H2,1-2H3. The third-order valence-electron chi connectivity index (χ3n) is 3.02. The number of hydrogen-bond donors (Lipinski definition) is 1. The van der Waals surface area contributed by atoms with Crippen molar-refractivity contribution >= 4 is 17.5 Å². The lowest BCUT2D eigenvalue weighted by Crippen LogP contribution is -2.30. The van der Waals surface area contributed by atoms with Gasteiger partial charge in [-0.05, 0) is 24.6 Å². The van der Waals surface area contributed by atoms with Gasteiger partial charge in [0.15, 0.2) is 0 Å². The van der Waals surface area contributed by atoms with E-state index in [1.54, 1.807) is 31.1 Å². The molecule has 0 radical (unpaired) electrons. The molecular formula is C14H17ClN4O2. The summed E-state index contributed by atoms with van der Waals surface area (Å²) in [4.78, 5) is 13.7. The maximum absolute atomic E-state index is 12.1. The van der Waals surface area contributed by atoms with Gasteiger partial charge in [0.2, 0.25) is 5.91 Å². The predicted molar refractivity (Wildman–Crippen MR) is 78.6 cm³/mol. The Kier molecular flexibility index (Phi) is 4.93. The largest absolute Gasteiger partial charge is 0.387 e. The van der Waals surface area contributed by atoms with Gasteiger partial charge in [0, 0.05) is 18.6 Å². The van der Waals surface area contributed by atoms with Gasteiger partial charge >= 0.3 is 0 Å². The highest BCUT2D eigenvalue weighted by Crippen LogP contribution is 2.12. The van der Waals surface area contributed by atoms with Crippen molar-refractivity contribution < 1.29 is 9.90 Å². The average Bonchev–Trinajstić information content (AvgIpc) is 2.87. The van der Waals surface area contributed by atoms with E-state index in [2.05, 4.69) is 10.3 Å². The lowest BCUT2D eigenvalue weighted by atomic mass is 10.2. The Morgan fingerprint density at radius 2 is 2.29 bits per heavy atom. The minimum Gasteiger partial charge on any atom is -0.387 e. The predicted octanol–water partition coefficient (Wildman–Crippen LogP) is 1.64. The van der Waals surface area contributed by atoms with Crippen LogP contribution < -0.4 is 0 Å². The number of nitrogens with zero attached hydrogens (tertiary/aromatic N) is 4. The number of aliphatic hydroxyl groups excluding tert-OH is 1. The van der Waals surface area contributed by atoms with Crippen molar-refractivity contribution in [3.63, 3.8) is 0 Å². The minimum atomic E-state index is -0.696. The number of aliphatic hydroxyl groups is 1. The Morgan fingerprint density at radius 3 is 2.90 bits per heavy atom. The van der Waals surface area contributed by atoms with Gasteiger partial charge in [-0.25, -0.2) is 4.68 Å². The number of aromatic nitrogens is 3. The van der Waals surface area contributed by atoms with Crippen LogP contribution in [0, 0.1) is 0 Å². The van der Waals surface area contributed by atoms with E-state index in [1.807, 2.05) is 18.2 Å². The fourth-order valence-electron chi connectivity index (χ4n) is 1.84. The number of rotatable bonds is 5. The van der Waals surface area contributed by atoms with Gasteiger partial charge < -0.3 is 10.0 Å². The van der Waals surface area contributed by atoms with Crippen molar-refractivity contribution in [1.82, 2.24) is 19.9 Å². The molecule has 112 valence electrons. The quantitative estimate of drug-likeness (QED) is 0.911. The van der Waals surface area contributed by atoms with Crippen LogP contribution in [-0.4, -0.2) is 38.0 Å². The minimum absolute atomic E-state index is 0.0801. The first-order valence-corrected chi connectivity index (χ1v) is 6.90. The zero-order valence-corrected chi connectivity index (χ0v) is 12.7. The topological polar surface area (TPSA) is 71.2 Å². The summed E-state index contributed by atoms with van der Waals surface area (Å²) in [7, 11) is 1.72. The number of halogens is 1. The summed E-state index contributed by atoms with van der Waals surface area (Å²) in [6.45, 7) is 2.15. The van der Waals surface area contributed by atoms with E-state index >= 15 is 0 Å². The van der Waals surface area contributed by atoms with Gasteiger partial charge in [-0.15, -0.1) is 5.10 Å². The molecule has 2 rings (SSSR count). The molecule has 1 unspecified atom stereocenters. The van der Waals surface area contributed by atoms with E-state index in [4.69, 9.17) is 11.6 Å². The molecule has 21 heavy (non-hydrogen) atoms. The highest BCUT2D eigenvalue weighted by Gasteiger charge is 2.13. The van der Waals surface area contributed by atoms with E-state index in [0.29, 0.717) is 17.3 Å². The molecule has 0 saturated heterocycles. The van der Waals surface area contributed by atoms with Crippen LogP contribution in [0.3, 0.4) is 0 Å². The molecule has 6 nitrogen and oxygen atoms in total. The third-order valence-corrected chi connectivity index (χ3v) is 3.25. The van der Waals surface area contributed by atoms with Crippen molar-refractivity contribution in [1.29, 1.82) is 0 Å². The summed E-state index contributed by atoms with van der Waals surface area (Å²) in [5.74, 6) is -0.1000. The van der Waals surface area contributed by atoms with Crippen molar-refractivity contribution in [2.75, 3.05) is 7.05 Å². The van der Waals surface area contributed by atoms with Crippen LogP contribution >= 0.6 is 11.6 Å². The van der Waals surface area contributed by atoms with Crippen LogP contribution in [0.5, 0.6) is 0 Å². The van der Waals surface area contributed by atoms with Crippen molar-refractivity contribution in [3.8, 4) is 0 Å². The SMILES string of the molecule is CC(O)c1cn(CC(=O)N(C)Cc2cccc(Cl)c2)nn1. The molecule has 0 fully saturated rings. The Morgan fingerprint density at radius 1 is 1.52 bits per heavy atom. The Bertz CT molecular complexity index is 627. The van der Waals surface area contributed by atoms with Gasteiger partial charge in [0.25, 0.3) is 0 Å². The highest BCUT2D eigenvalue weighted by atomic mass is 35.5. The van der Waals surface area contributed by atoms with E-state index in [-0.39, 0.29) is 12.5 Å². The Hall–Kier alpha value is -1.92. The van der Waals surface area contributed by atoms with Crippen LogP contribution in [0.1, 0.15) is 24.3 Å². The summed E-state index contributed by atoms with van der Waals surface area (Å²) in [6, 6.07) is 7.38. The molecular weight excluding hydrogens is 292 g/mol. The number of carbonyl (C=O) groups excluding carboxylic acids is 1. The first-order chi connectivity index (χ1) is 9.95. The molecule has 0 bridgehead atoms. The second kappa shape index (κ2) is 6.69. The second-order valence-electron chi connectivity index (χ2n) is 4.90. The molecule has 0 aliphatic carbocycles. The number of hydrogen-bond acceptors (Lipinski definition) is 4. The van der Waals surface area contributed by atoms with Gasteiger partial charge in [-0.1, -0.05) is 28.9 Å². The second-order valence-corrected chi connectivity index (χ2v) is 5.33. The molecule has 1 aromatic carbocycles. The molecule has 1 atom stereocenters. The maximum atomic E-state index is 12.1. The maximum Gasteiger partial charge on any atom is 0.244 e.